The van der Waals surface area contributed by atoms with E-state index in [2.05, 4.69) is 5.32 Å². The summed E-state index contributed by atoms with van der Waals surface area (Å²) in [5, 5.41) is 3.08. The van der Waals surface area contributed by atoms with Crippen molar-refractivity contribution in [2.24, 2.45) is 5.92 Å². The van der Waals surface area contributed by atoms with Gasteiger partial charge in [-0.05, 0) is 56.4 Å². The maximum atomic E-state index is 12.8. The molecule has 0 bridgehead atoms. The Morgan fingerprint density at radius 1 is 1.04 bits per heavy atom. The molecule has 1 N–H and O–H groups in total. The Morgan fingerprint density at radius 3 is 2.42 bits per heavy atom. The smallest absolute Gasteiger partial charge is 0.251 e. The van der Waals surface area contributed by atoms with E-state index >= 15 is 0 Å². The topological polar surface area (TPSA) is 58.6 Å². The van der Waals surface area contributed by atoms with Crippen LogP contribution in [0.5, 0.6) is 5.75 Å². The van der Waals surface area contributed by atoms with Crippen LogP contribution < -0.4 is 10.1 Å². The number of piperidine rings is 1. The lowest BCUT2D eigenvalue weighted by Gasteiger charge is -2.31. The van der Waals surface area contributed by atoms with Crippen LogP contribution in [0.1, 0.15) is 48.9 Å². The number of carbonyl (C=O) groups excluding carboxylic acids is 2. The molecular weight excluding hydrogens is 304 g/mol. The van der Waals surface area contributed by atoms with Gasteiger partial charge in [0, 0.05) is 24.7 Å². The summed E-state index contributed by atoms with van der Waals surface area (Å²) in [6, 6.07) is 7.02. The third-order valence-electron chi connectivity index (χ3n) is 5.17. The van der Waals surface area contributed by atoms with Gasteiger partial charge in [-0.15, -0.1) is 0 Å². The van der Waals surface area contributed by atoms with Crippen LogP contribution in [0.15, 0.2) is 24.3 Å². The minimum atomic E-state index is -0.110. The Bertz CT molecular complexity index is 579. The quantitative estimate of drug-likeness (QED) is 0.923. The number of rotatable bonds is 4. The Kier molecular flexibility index (Phi) is 5.38. The molecule has 1 aromatic carbocycles. The van der Waals surface area contributed by atoms with Crippen molar-refractivity contribution in [1.82, 2.24) is 10.2 Å². The number of nitrogens with zero attached hydrogens (tertiary/aromatic N) is 1. The Hall–Kier alpha value is -2.04. The van der Waals surface area contributed by atoms with Gasteiger partial charge in [0.2, 0.25) is 5.91 Å². The molecule has 24 heavy (non-hydrogen) atoms. The van der Waals surface area contributed by atoms with E-state index in [-0.39, 0.29) is 23.8 Å². The number of hydrogen-bond acceptors (Lipinski definition) is 3. The van der Waals surface area contributed by atoms with Crippen LogP contribution in [0.4, 0.5) is 0 Å². The van der Waals surface area contributed by atoms with Gasteiger partial charge in [0.15, 0.2) is 0 Å². The predicted molar refractivity (Wildman–Crippen MR) is 92.0 cm³/mol. The average Bonchev–Trinajstić information content (AvgIpc) is 3.10. The van der Waals surface area contributed by atoms with Crippen molar-refractivity contribution < 1.29 is 14.3 Å². The molecule has 1 aliphatic heterocycles. The number of nitrogens with one attached hydrogen (secondary N) is 1. The van der Waals surface area contributed by atoms with E-state index in [4.69, 9.17) is 4.74 Å². The second-order valence-electron chi connectivity index (χ2n) is 6.73. The number of methoxy groups -OCH3 is 1. The fourth-order valence-electron chi connectivity index (χ4n) is 3.77. The van der Waals surface area contributed by atoms with Crippen LogP contribution >= 0.6 is 0 Å². The molecule has 0 spiro atoms. The molecule has 2 atom stereocenters. The van der Waals surface area contributed by atoms with Crippen LogP contribution in [-0.4, -0.2) is 43.0 Å². The Balaban J connectivity index is 1.62. The molecule has 130 valence electrons. The van der Waals surface area contributed by atoms with E-state index in [0.29, 0.717) is 5.56 Å². The summed E-state index contributed by atoms with van der Waals surface area (Å²) in [5.74, 6) is 0.782. The summed E-state index contributed by atoms with van der Waals surface area (Å²) in [4.78, 5) is 27.2. The monoisotopic (exact) mass is 330 g/mol. The molecule has 2 aliphatic rings. The van der Waals surface area contributed by atoms with E-state index in [9.17, 15) is 9.59 Å². The highest BCUT2D eigenvalue weighted by molar-refractivity contribution is 5.95. The number of ether oxygens (including phenoxy) is 1. The van der Waals surface area contributed by atoms with E-state index < -0.39 is 0 Å². The summed E-state index contributed by atoms with van der Waals surface area (Å²) < 4.78 is 5.12. The summed E-state index contributed by atoms with van der Waals surface area (Å²) in [6.45, 7) is 1.74. The molecule has 0 radical (unpaired) electrons. The molecule has 2 amide bonds. The zero-order valence-corrected chi connectivity index (χ0v) is 14.3. The van der Waals surface area contributed by atoms with Crippen molar-refractivity contribution in [2.45, 2.75) is 44.6 Å². The lowest BCUT2D eigenvalue weighted by Crippen LogP contribution is -2.47. The summed E-state index contributed by atoms with van der Waals surface area (Å²) in [7, 11) is 1.60. The first kappa shape index (κ1) is 16.8. The lowest BCUT2D eigenvalue weighted by atomic mass is 9.99. The van der Waals surface area contributed by atoms with Gasteiger partial charge in [-0.1, -0.05) is 6.42 Å². The first-order valence-corrected chi connectivity index (χ1v) is 8.93. The molecule has 5 nitrogen and oxygen atoms in total. The zero-order chi connectivity index (χ0) is 16.9. The third kappa shape index (κ3) is 3.71. The molecule has 1 aliphatic carbocycles. The van der Waals surface area contributed by atoms with Gasteiger partial charge in [-0.2, -0.15) is 0 Å². The van der Waals surface area contributed by atoms with Crippen molar-refractivity contribution in [3.05, 3.63) is 29.8 Å². The minimum absolute atomic E-state index is 0.0472. The fraction of sp³-hybridized carbons (Fsp3) is 0.579. The van der Waals surface area contributed by atoms with Gasteiger partial charge >= 0.3 is 0 Å². The van der Waals surface area contributed by atoms with Crippen molar-refractivity contribution in [2.75, 3.05) is 20.2 Å². The largest absolute Gasteiger partial charge is 0.497 e. The molecule has 3 rings (SSSR count). The number of hydrogen-bond donors (Lipinski definition) is 1. The van der Waals surface area contributed by atoms with Gasteiger partial charge < -0.3 is 15.0 Å². The fourth-order valence-corrected chi connectivity index (χ4v) is 3.77. The van der Waals surface area contributed by atoms with Crippen LogP contribution in [0.25, 0.3) is 0 Å². The van der Waals surface area contributed by atoms with Gasteiger partial charge in [-0.3, -0.25) is 9.59 Å². The van der Waals surface area contributed by atoms with Crippen molar-refractivity contribution in [3.63, 3.8) is 0 Å². The van der Waals surface area contributed by atoms with Crippen molar-refractivity contribution >= 4 is 11.8 Å². The maximum absolute atomic E-state index is 12.8. The van der Waals surface area contributed by atoms with Crippen LogP contribution in [-0.2, 0) is 4.79 Å². The number of amides is 2. The highest BCUT2D eigenvalue weighted by Crippen LogP contribution is 2.29. The maximum Gasteiger partial charge on any atom is 0.251 e. The summed E-state index contributed by atoms with van der Waals surface area (Å²) >= 11 is 0. The van der Waals surface area contributed by atoms with E-state index in [0.717, 1.165) is 50.9 Å². The molecule has 2 fully saturated rings. The Morgan fingerprint density at radius 2 is 1.75 bits per heavy atom. The first-order chi connectivity index (χ1) is 11.7. The van der Waals surface area contributed by atoms with E-state index in [1.165, 1.54) is 6.42 Å². The number of carbonyl (C=O) groups is 2. The minimum Gasteiger partial charge on any atom is -0.497 e. The van der Waals surface area contributed by atoms with Crippen LogP contribution in [0, 0.1) is 5.92 Å². The Labute approximate surface area is 143 Å². The lowest BCUT2D eigenvalue weighted by molar-refractivity contribution is -0.136. The van der Waals surface area contributed by atoms with Crippen molar-refractivity contribution in [3.8, 4) is 5.75 Å². The second kappa shape index (κ2) is 7.69. The molecular formula is C19H26N2O3. The normalized spacial score (nSPS) is 23.8. The summed E-state index contributed by atoms with van der Waals surface area (Å²) in [5.41, 5.74) is 0.604. The van der Waals surface area contributed by atoms with Gasteiger partial charge in [0.25, 0.3) is 5.91 Å². The summed E-state index contributed by atoms with van der Waals surface area (Å²) in [6.07, 6.45) is 6.17. The predicted octanol–water partition coefficient (Wildman–Crippen LogP) is 2.61. The average molecular weight is 330 g/mol. The number of likely N-dealkylation sites (tertiary alicyclic amines) is 1. The SMILES string of the molecule is COc1ccc(C(=O)N[C@@H]2CCC[C@@H]2C(=O)N2CCCCC2)cc1. The van der Waals surface area contributed by atoms with E-state index in [1.54, 1.807) is 31.4 Å². The van der Waals surface area contributed by atoms with E-state index in [1.807, 2.05) is 4.90 Å². The molecule has 1 saturated carbocycles. The molecule has 1 aromatic rings. The van der Waals surface area contributed by atoms with Crippen molar-refractivity contribution in [1.29, 1.82) is 0 Å². The third-order valence-corrected chi connectivity index (χ3v) is 5.17. The van der Waals surface area contributed by atoms with Gasteiger partial charge in [0.1, 0.15) is 5.75 Å². The zero-order valence-electron chi connectivity index (χ0n) is 14.3. The molecule has 1 saturated heterocycles. The van der Waals surface area contributed by atoms with Gasteiger partial charge in [-0.25, -0.2) is 0 Å². The molecule has 1 heterocycles. The first-order valence-electron chi connectivity index (χ1n) is 8.93. The molecule has 0 unspecified atom stereocenters. The standard InChI is InChI=1S/C19H26N2O3/c1-24-15-10-8-14(9-11-15)18(22)20-17-7-5-6-16(17)19(23)21-12-3-2-4-13-21/h8-11,16-17H,2-7,12-13H2,1H3,(H,20,22)/t16-,17+/m0/s1. The highest BCUT2D eigenvalue weighted by Gasteiger charge is 2.36. The highest BCUT2D eigenvalue weighted by atomic mass is 16.5. The van der Waals surface area contributed by atoms with Gasteiger partial charge in [0.05, 0.1) is 13.0 Å². The molecule has 0 aromatic heterocycles. The second-order valence-corrected chi connectivity index (χ2v) is 6.73. The molecule has 5 heteroatoms. The number of benzene rings is 1. The van der Waals surface area contributed by atoms with Crippen LogP contribution in [0.3, 0.4) is 0 Å². The van der Waals surface area contributed by atoms with Crippen LogP contribution in [0.2, 0.25) is 0 Å².